The van der Waals surface area contributed by atoms with Gasteiger partial charge < -0.3 is 42.3 Å². The van der Waals surface area contributed by atoms with Crippen LogP contribution in [0.4, 0.5) is 0 Å². The van der Waals surface area contributed by atoms with Crippen LogP contribution < -0.4 is 27.0 Å². The molecule has 0 saturated carbocycles. The quantitative estimate of drug-likeness (QED) is 0.114. The molecule has 15 nitrogen and oxygen atoms in total. The zero-order valence-corrected chi connectivity index (χ0v) is 20.7. The van der Waals surface area contributed by atoms with Gasteiger partial charge in [0.25, 0.3) is 0 Å². The highest BCUT2D eigenvalue weighted by molar-refractivity contribution is 5.96. The van der Waals surface area contributed by atoms with E-state index in [1.165, 1.54) is 6.92 Å². The number of nitrogens with one attached hydrogen (secondary N) is 4. The topological polar surface area (TPSA) is 254 Å². The Morgan fingerprint density at radius 3 is 1.50 bits per heavy atom. The van der Waals surface area contributed by atoms with Crippen molar-refractivity contribution in [3.05, 3.63) is 0 Å². The van der Waals surface area contributed by atoms with Crippen molar-refractivity contribution in [2.45, 2.75) is 77.7 Å². The van der Waals surface area contributed by atoms with Crippen LogP contribution in [-0.2, 0) is 33.6 Å². The lowest BCUT2D eigenvalue weighted by Gasteiger charge is -2.27. The lowest BCUT2D eigenvalue weighted by molar-refractivity contribution is -0.147. The van der Waals surface area contributed by atoms with E-state index in [9.17, 15) is 33.6 Å². The van der Waals surface area contributed by atoms with Gasteiger partial charge in [0.05, 0.1) is 18.9 Å². The molecule has 9 N–H and O–H groups in total. The van der Waals surface area contributed by atoms with E-state index in [-0.39, 0.29) is 5.92 Å². The van der Waals surface area contributed by atoms with E-state index in [1.54, 1.807) is 27.7 Å². The second kappa shape index (κ2) is 14.6. The molecule has 0 aliphatic heterocycles. The first-order valence-electron chi connectivity index (χ1n) is 11.1. The highest BCUT2D eigenvalue weighted by atomic mass is 16.4. The summed E-state index contributed by atoms with van der Waals surface area (Å²) >= 11 is 0. The molecule has 0 aliphatic carbocycles. The van der Waals surface area contributed by atoms with Crippen LogP contribution in [-0.4, -0.2) is 87.1 Å². The smallest absolute Gasteiger partial charge is 0.326 e. The minimum atomic E-state index is -1.73. The molecule has 4 amide bonds. The summed E-state index contributed by atoms with van der Waals surface area (Å²) in [4.78, 5) is 83.2. The van der Waals surface area contributed by atoms with E-state index in [4.69, 9.17) is 21.1 Å². The Morgan fingerprint density at radius 2 is 1.08 bits per heavy atom. The molecule has 36 heavy (non-hydrogen) atoms. The Morgan fingerprint density at radius 1 is 0.611 bits per heavy atom. The number of aliphatic carboxylic acids is 3. The lowest BCUT2D eigenvalue weighted by Crippen LogP contribution is -2.59. The van der Waals surface area contributed by atoms with Crippen LogP contribution in [0.3, 0.4) is 0 Å². The van der Waals surface area contributed by atoms with Gasteiger partial charge in [0.15, 0.2) is 0 Å². The number of hydrogen-bond acceptors (Lipinski definition) is 8. The van der Waals surface area contributed by atoms with Gasteiger partial charge in [0, 0.05) is 0 Å². The van der Waals surface area contributed by atoms with Crippen LogP contribution in [0.2, 0.25) is 0 Å². The molecule has 0 unspecified atom stereocenters. The molecular formula is C21H35N5O10. The van der Waals surface area contributed by atoms with E-state index in [0.717, 1.165) is 0 Å². The number of carboxylic acid groups (broad SMARTS) is 3. The average Bonchev–Trinajstić information content (AvgIpc) is 2.74. The van der Waals surface area contributed by atoms with Crippen LogP contribution >= 0.6 is 0 Å². The standard InChI is InChI=1S/C21H35N5O10/c1-8(2)15(22)19(33)24-11(6-13(27)28)18(32)26-16(9(3)4)20(34)23-10(5)17(31)25-12(21(35)36)7-14(29)30/h8-12,15-16H,6-7,22H2,1-5H3,(H,23,34)(H,24,33)(H,25,31)(H,26,32)(H,27,28)(H,29,30)(H,35,36)/t10-,11-,12-,15-,16-/m0/s1. The van der Waals surface area contributed by atoms with E-state index in [1.807, 2.05) is 5.32 Å². The molecule has 0 bridgehead atoms. The number of carbonyl (C=O) groups is 7. The molecule has 0 spiro atoms. The molecule has 204 valence electrons. The highest BCUT2D eigenvalue weighted by Gasteiger charge is 2.33. The maximum atomic E-state index is 12.8. The third-order valence-corrected chi connectivity index (χ3v) is 5.02. The van der Waals surface area contributed by atoms with Gasteiger partial charge in [0.2, 0.25) is 23.6 Å². The molecule has 0 heterocycles. The minimum absolute atomic E-state index is 0.295. The summed E-state index contributed by atoms with van der Waals surface area (Å²) in [7, 11) is 0. The minimum Gasteiger partial charge on any atom is -0.481 e. The predicted molar refractivity (Wildman–Crippen MR) is 123 cm³/mol. The summed E-state index contributed by atoms with van der Waals surface area (Å²) < 4.78 is 0. The van der Waals surface area contributed by atoms with Crippen LogP contribution in [0, 0.1) is 11.8 Å². The molecule has 0 radical (unpaired) electrons. The molecular weight excluding hydrogens is 482 g/mol. The second-order valence-corrected chi connectivity index (χ2v) is 8.89. The van der Waals surface area contributed by atoms with Gasteiger partial charge in [-0.3, -0.25) is 28.8 Å². The van der Waals surface area contributed by atoms with Gasteiger partial charge in [-0.15, -0.1) is 0 Å². The van der Waals surface area contributed by atoms with Crippen molar-refractivity contribution in [2.75, 3.05) is 0 Å². The van der Waals surface area contributed by atoms with Gasteiger partial charge >= 0.3 is 17.9 Å². The van der Waals surface area contributed by atoms with E-state index < -0.39 is 90.5 Å². The van der Waals surface area contributed by atoms with Gasteiger partial charge in [0.1, 0.15) is 24.2 Å². The largest absolute Gasteiger partial charge is 0.481 e. The van der Waals surface area contributed by atoms with Crippen molar-refractivity contribution in [2.24, 2.45) is 17.6 Å². The SMILES string of the molecule is CC(C)[C@H](N)C(=O)N[C@@H](CC(=O)O)C(=O)N[C@H](C(=O)N[C@@H](C)C(=O)N[C@@H](CC(=O)O)C(=O)O)C(C)C. The Bertz CT molecular complexity index is 860. The van der Waals surface area contributed by atoms with Gasteiger partial charge in [-0.05, 0) is 18.8 Å². The third kappa shape index (κ3) is 11.1. The van der Waals surface area contributed by atoms with Crippen LogP contribution in [0.1, 0.15) is 47.5 Å². The van der Waals surface area contributed by atoms with Gasteiger partial charge in [-0.2, -0.15) is 0 Å². The molecule has 0 saturated heterocycles. The molecule has 0 aromatic carbocycles. The van der Waals surface area contributed by atoms with Gasteiger partial charge in [-0.25, -0.2) is 4.79 Å². The molecule has 5 atom stereocenters. The number of carboxylic acids is 3. The molecule has 0 rings (SSSR count). The number of amides is 4. The number of hydrogen-bond donors (Lipinski definition) is 8. The van der Waals surface area contributed by atoms with Crippen molar-refractivity contribution in [3.63, 3.8) is 0 Å². The van der Waals surface area contributed by atoms with Crippen molar-refractivity contribution in [1.82, 2.24) is 21.3 Å². The Balaban J connectivity index is 5.44. The average molecular weight is 518 g/mol. The number of rotatable bonds is 15. The molecule has 0 aliphatic rings. The summed E-state index contributed by atoms with van der Waals surface area (Å²) in [5.41, 5.74) is 5.74. The maximum Gasteiger partial charge on any atom is 0.326 e. The lowest BCUT2D eigenvalue weighted by atomic mass is 10.0. The van der Waals surface area contributed by atoms with E-state index >= 15 is 0 Å². The summed E-state index contributed by atoms with van der Waals surface area (Å²) in [6, 6.07) is -6.86. The fourth-order valence-electron chi connectivity index (χ4n) is 2.78. The maximum absolute atomic E-state index is 12.8. The van der Waals surface area contributed by atoms with Crippen LogP contribution in [0.25, 0.3) is 0 Å². The van der Waals surface area contributed by atoms with Crippen molar-refractivity contribution in [3.8, 4) is 0 Å². The summed E-state index contributed by atoms with van der Waals surface area (Å²) in [5.74, 6) is -8.84. The van der Waals surface area contributed by atoms with Crippen molar-refractivity contribution in [1.29, 1.82) is 0 Å². The fraction of sp³-hybridized carbons (Fsp3) is 0.667. The Hall–Kier alpha value is -3.75. The monoisotopic (exact) mass is 517 g/mol. The predicted octanol–water partition coefficient (Wildman–Crippen LogP) is -2.38. The fourth-order valence-corrected chi connectivity index (χ4v) is 2.78. The van der Waals surface area contributed by atoms with Gasteiger partial charge in [-0.1, -0.05) is 27.7 Å². The normalized spacial score (nSPS) is 15.1. The zero-order chi connectivity index (χ0) is 28.3. The molecule has 0 aromatic rings. The first-order valence-corrected chi connectivity index (χ1v) is 11.1. The number of nitrogens with two attached hydrogens (primary N) is 1. The molecule has 0 aromatic heterocycles. The summed E-state index contributed by atoms with van der Waals surface area (Å²) in [6.07, 6.45) is -1.67. The highest BCUT2D eigenvalue weighted by Crippen LogP contribution is 2.06. The van der Waals surface area contributed by atoms with Crippen molar-refractivity contribution < 1.29 is 48.9 Å². The third-order valence-electron chi connectivity index (χ3n) is 5.02. The number of carbonyl (C=O) groups excluding carboxylic acids is 4. The summed E-state index contributed by atoms with van der Waals surface area (Å²) in [5, 5.41) is 35.8. The Kier molecular flexibility index (Phi) is 13.1. The Labute approximate surface area is 207 Å². The first kappa shape index (κ1) is 32.2. The molecule has 0 fully saturated rings. The second-order valence-electron chi connectivity index (χ2n) is 8.89. The van der Waals surface area contributed by atoms with E-state index in [0.29, 0.717) is 0 Å². The zero-order valence-electron chi connectivity index (χ0n) is 20.7. The van der Waals surface area contributed by atoms with Crippen LogP contribution in [0.5, 0.6) is 0 Å². The van der Waals surface area contributed by atoms with Crippen molar-refractivity contribution >= 4 is 41.5 Å². The van der Waals surface area contributed by atoms with E-state index in [2.05, 4.69) is 16.0 Å². The first-order chi connectivity index (χ1) is 16.5. The van der Waals surface area contributed by atoms with Crippen LogP contribution in [0.15, 0.2) is 0 Å². The molecule has 15 heteroatoms. The summed E-state index contributed by atoms with van der Waals surface area (Å²) in [6.45, 7) is 7.65.